The molecule has 0 aromatic heterocycles. The van der Waals surface area contributed by atoms with Crippen LogP contribution in [-0.4, -0.2) is 6.54 Å². The van der Waals surface area contributed by atoms with Gasteiger partial charge in [0.05, 0.1) is 0 Å². The van der Waals surface area contributed by atoms with Crippen molar-refractivity contribution in [3.8, 4) is 0 Å². The van der Waals surface area contributed by atoms with Crippen LogP contribution in [0.25, 0.3) is 0 Å². The summed E-state index contributed by atoms with van der Waals surface area (Å²) >= 11 is 12.4. The minimum atomic E-state index is 0.230. The summed E-state index contributed by atoms with van der Waals surface area (Å²) in [5.41, 5.74) is 2.36. The average molecular weight is 308 g/mol. The highest BCUT2D eigenvalue weighted by Gasteiger charge is 2.13. The SMILES string of the molecule is CCCNC(Cc1ccccc1Cl)c1cccc(Cl)c1. The fourth-order valence-electron chi connectivity index (χ4n) is 2.23. The van der Waals surface area contributed by atoms with E-state index in [-0.39, 0.29) is 6.04 Å². The molecule has 1 atom stereocenters. The van der Waals surface area contributed by atoms with Gasteiger partial charge in [0.15, 0.2) is 0 Å². The first-order valence-corrected chi connectivity index (χ1v) is 7.68. The van der Waals surface area contributed by atoms with E-state index in [1.807, 2.05) is 36.4 Å². The maximum Gasteiger partial charge on any atom is 0.0438 e. The van der Waals surface area contributed by atoms with Gasteiger partial charge in [0.1, 0.15) is 0 Å². The van der Waals surface area contributed by atoms with Crippen molar-refractivity contribution in [2.75, 3.05) is 6.54 Å². The van der Waals surface area contributed by atoms with Crippen molar-refractivity contribution in [2.24, 2.45) is 0 Å². The zero-order valence-electron chi connectivity index (χ0n) is 11.6. The first-order valence-electron chi connectivity index (χ1n) is 6.93. The molecule has 0 spiro atoms. The summed E-state index contributed by atoms with van der Waals surface area (Å²) in [5.74, 6) is 0. The Bertz CT molecular complexity index is 554. The number of halogens is 2. The number of benzene rings is 2. The van der Waals surface area contributed by atoms with Crippen LogP contribution in [0.3, 0.4) is 0 Å². The zero-order valence-corrected chi connectivity index (χ0v) is 13.1. The van der Waals surface area contributed by atoms with Gasteiger partial charge >= 0.3 is 0 Å². The van der Waals surface area contributed by atoms with Gasteiger partial charge < -0.3 is 5.32 Å². The maximum atomic E-state index is 6.27. The van der Waals surface area contributed by atoms with Crippen molar-refractivity contribution in [1.82, 2.24) is 5.32 Å². The highest BCUT2D eigenvalue weighted by molar-refractivity contribution is 6.31. The molecule has 0 amide bonds. The molecule has 0 bridgehead atoms. The molecule has 0 radical (unpaired) electrons. The Morgan fingerprint density at radius 1 is 1.05 bits per heavy atom. The van der Waals surface area contributed by atoms with E-state index in [1.165, 1.54) is 5.56 Å². The van der Waals surface area contributed by atoms with Crippen LogP contribution < -0.4 is 5.32 Å². The summed E-state index contributed by atoms with van der Waals surface area (Å²) < 4.78 is 0. The van der Waals surface area contributed by atoms with Gasteiger partial charge in [0.2, 0.25) is 0 Å². The normalized spacial score (nSPS) is 12.3. The Balaban J connectivity index is 2.21. The van der Waals surface area contributed by atoms with Crippen LogP contribution in [-0.2, 0) is 6.42 Å². The van der Waals surface area contributed by atoms with Gasteiger partial charge in [-0.2, -0.15) is 0 Å². The quantitative estimate of drug-likeness (QED) is 0.766. The van der Waals surface area contributed by atoms with Gasteiger partial charge in [0, 0.05) is 16.1 Å². The molecule has 2 aromatic carbocycles. The van der Waals surface area contributed by atoms with Crippen LogP contribution in [0.1, 0.15) is 30.5 Å². The third-order valence-corrected chi connectivity index (χ3v) is 3.88. The fraction of sp³-hybridized carbons (Fsp3) is 0.294. The molecule has 0 aliphatic rings. The molecule has 106 valence electrons. The van der Waals surface area contributed by atoms with E-state index in [0.29, 0.717) is 0 Å². The van der Waals surface area contributed by atoms with Crippen LogP contribution in [0.4, 0.5) is 0 Å². The molecule has 0 heterocycles. The lowest BCUT2D eigenvalue weighted by molar-refractivity contribution is 0.529. The molecule has 2 rings (SSSR count). The Morgan fingerprint density at radius 2 is 1.85 bits per heavy atom. The van der Waals surface area contributed by atoms with Crippen LogP contribution in [0.5, 0.6) is 0 Å². The molecule has 2 aromatic rings. The van der Waals surface area contributed by atoms with E-state index in [0.717, 1.165) is 35.0 Å². The number of hydrogen-bond acceptors (Lipinski definition) is 1. The summed E-state index contributed by atoms with van der Waals surface area (Å²) in [6, 6.07) is 16.2. The van der Waals surface area contributed by atoms with Crippen molar-refractivity contribution < 1.29 is 0 Å². The molecule has 3 heteroatoms. The fourth-order valence-corrected chi connectivity index (χ4v) is 2.65. The lowest BCUT2D eigenvalue weighted by Gasteiger charge is -2.20. The van der Waals surface area contributed by atoms with Crippen molar-refractivity contribution in [2.45, 2.75) is 25.8 Å². The average Bonchev–Trinajstić information content (AvgIpc) is 2.45. The second kappa shape index (κ2) is 7.68. The molecule has 0 aliphatic carbocycles. The van der Waals surface area contributed by atoms with E-state index in [2.05, 4.69) is 24.4 Å². The van der Waals surface area contributed by atoms with E-state index >= 15 is 0 Å². The smallest absolute Gasteiger partial charge is 0.0438 e. The first kappa shape index (κ1) is 15.4. The number of nitrogens with one attached hydrogen (secondary N) is 1. The highest BCUT2D eigenvalue weighted by Crippen LogP contribution is 2.25. The molecule has 1 nitrogen and oxygen atoms in total. The van der Waals surface area contributed by atoms with E-state index in [1.54, 1.807) is 0 Å². The van der Waals surface area contributed by atoms with Gasteiger partial charge in [-0.05, 0) is 48.7 Å². The molecule has 20 heavy (non-hydrogen) atoms. The number of rotatable bonds is 6. The summed E-state index contributed by atoms with van der Waals surface area (Å²) in [4.78, 5) is 0. The Morgan fingerprint density at radius 3 is 2.55 bits per heavy atom. The molecule has 0 saturated carbocycles. The van der Waals surface area contributed by atoms with Gasteiger partial charge in [-0.15, -0.1) is 0 Å². The highest BCUT2D eigenvalue weighted by atomic mass is 35.5. The Hall–Kier alpha value is -1.02. The monoisotopic (exact) mass is 307 g/mol. The van der Waals surface area contributed by atoms with Gasteiger partial charge in [-0.25, -0.2) is 0 Å². The van der Waals surface area contributed by atoms with Gasteiger partial charge in [-0.3, -0.25) is 0 Å². The van der Waals surface area contributed by atoms with Crippen LogP contribution in [0.2, 0.25) is 10.0 Å². The largest absolute Gasteiger partial charge is 0.310 e. The van der Waals surface area contributed by atoms with Crippen molar-refractivity contribution in [1.29, 1.82) is 0 Å². The van der Waals surface area contributed by atoms with Gasteiger partial charge in [0.25, 0.3) is 0 Å². The third-order valence-electron chi connectivity index (χ3n) is 3.27. The second-order valence-corrected chi connectivity index (χ2v) is 5.70. The topological polar surface area (TPSA) is 12.0 Å². The van der Waals surface area contributed by atoms with Crippen LogP contribution >= 0.6 is 23.2 Å². The van der Waals surface area contributed by atoms with E-state index in [9.17, 15) is 0 Å². The lowest BCUT2D eigenvalue weighted by atomic mass is 9.98. The molecular formula is C17H19Cl2N. The van der Waals surface area contributed by atoms with E-state index < -0.39 is 0 Å². The molecule has 0 fully saturated rings. The lowest BCUT2D eigenvalue weighted by Crippen LogP contribution is -2.24. The summed E-state index contributed by atoms with van der Waals surface area (Å²) in [5, 5.41) is 5.16. The summed E-state index contributed by atoms with van der Waals surface area (Å²) in [7, 11) is 0. The Labute approximate surface area is 130 Å². The van der Waals surface area contributed by atoms with Crippen molar-refractivity contribution >= 4 is 23.2 Å². The predicted octanol–water partition coefficient (Wildman–Crippen LogP) is 5.28. The minimum absolute atomic E-state index is 0.230. The predicted molar refractivity (Wildman–Crippen MR) is 87.6 cm³/mol. The van der Waals surface area contributed by atoms with Crippen LogP contribution in [0, 0.1) is 0 Å². The molecule has 0 saturated heterocycles. The molecule has 0 aliphatic heterocycles. The summed E-state index contributed by atoms with van der Waals surface area (Å²) in [6.07, 6.45) is 1.96. The van der Waals surface area contributed by atoms with Crippen molar-refractivity contribution in [3.05, 3.63) is 69.7 Å². The third kappa shape index (κ3) is 4.24. The molecule has 1 unspecified atom stereocenters. The maximum absolute atomic E-state index is 6.27. The Kier molecular flexibility index (Phi) is 5.90. The minimum Gasteiger partial charge on any atom is -0.310 e. The zero-order chi connectivity index (χ0) is 14.4. The molecular weight excluding hydrogens is 289 g/mol. The number of hydrogen-bond donors (Lipinski definition) is 1. The standard InChI is InChI=1S/C17H19Cl2N/c1-2-10-20-17(14-7-5-8-15(18)11-14)12-13-6-3-4-9-16(13)19/h3-9,11,17,20H,2,10,12H2,1H3. The van der Waals surface area contributed by atoms with E-state index in [4.69, 9.17) is 23.2 Å². The van der Waals surface area contributed by atoms with Gasteiger partial charge in [-0.1, -0.05) is 60.5 Å². The van der Waals surface area contributed by atoms with Crippen LogP contribution in [0.15, 0.2) is 48.5 Å². The second-order valence-electron chi connectivity index (χ2n) is 4.86. The summed E-state index contributed by atoms with van der Waals surface area (Å²) in [6.45, 7) is 3.14. The first-order chi connectivity index (χ1) is 9.70. The van der Waals surface area contributed by atoms with Crippen molar-refractivity contribution in [3.63, 3.8) is 0 Å². The molecule has 1 N–H and O–H groups in total.